The summed E-state index contributed by atoms with van der Waals surface area (Å²) < 4.78 is 18.3. The maximum Gasteiger partial charge on any atom is 0.152 e. The first kappa shape index (κ1) is 17.3. The summed E-state index contributed by atoms with van der Waals surface area (Å²) in [6.07, 6.45) is 0. The second-order valence-corrected chi connectivity index (χ2v) is 7.89. The number of nitrogen functional groups attached to an aromatic ring is 1. The quantitative estimate of drug-likeness (QED) is 0.318. The van der Waals surface area contributed by atoms with Crippen molar-refractivity contribution in [3.05, 3.63) is 60.2 Å². The van der Waals surface area contributed by atoms with Crippen LogP contribution >= 0.6 is 21.3 Å². The molecule has 4 rings (SSSR count). The number of benzene rings is 2. The van der Waals surface area contributed by atoms with Crippen LogP contribution < -0.4 is 8.85 Å². The van der Waals surface area contributed by atoms with Crippen LogP contribution in [0.3, 0.4) is 0 Å². The molecule has 3 aromatic rings. The molecular formula is C19H19IN4O2. The number of aromatic nitrogens is 1. The normalized spacial score (nSPS) is 13.0. The Morgan fingerprint density at radius 1 is 0.962 bits per heavy atom. The molecule has 6 nitrogen and oxygen atoms in total. The molecule has 2 aromatic carbocycles. The molecule has 0 atom stereocenters. The van der Waals surface area contributed by atoms with Crippen LogP contribution in [0.25, 0.3) is 10.9 Å². The van der Waals surface area contributed by atoms with Crippen molar-refractivity contribution in [1.82, 2.24) is 4.98 Å². The lowest BCUT2D eigenvalue weighted by atomic mass is 10.1. The minimum Gasteiger partial charge on any atom is -0.382 e. The Morgan fingerprint density at radius 3 is 2.62 bits per heavy atom. The minimum absolute atomic E-state index is 0.492. The summed E-state index contributed by atoms with van der Waals surface area (Å²) in [5.74, 6) is 0.493. The molecule has 1 aromatic heterocycles. The summed E-state index contributed by atoms with van der Waals surface area (Å²) in [6.45, 7) is 2.20. The first-order chi connectivity index (χ1) is 12.8. The fourth-order valence-corrected chi connectivity index (χ4v) is 4.74. The highest BCUT2D eigenvalue weighted by atomic mass is 127. The summed E-state index contributed by atoms with van der Waals surface area (Å²) >= 11 is -0.535. The van der Waals surface area contributed by atoms with Gasteiger partial charge < -0.3 is 15.2 Å². The second kappa shape index (κ2) is 8.07. The monoisotopic (exact) mass is 462 g/mol. The van der Waals surface area contributed by atoms with Crippen molar-refractivity contribution in [2.75, 3.05) is 28.8 Å². The van der Waals surface area contributed by atoms with Gasteiger partial charge in [-0.2, -0.15) is 3.15 Å². The third kappa shape index (κ3) is 3.69. The summed E-state index contributed by atoms with van der Waals surface area (Å²) in [6, 6.07) is 18.1. The average molecular weight is 462 g/mol. The van der Waals surface area contributed by atoms with Crippen molar-refractivity contribution in [2.24, 2.45) is 3.15 Å². The number of nitrogens with zero attached hydrogens (tertiary/aromatic N) is 3. The van der Waals surface area contributed by atoms with Crippen molar-refractivity contribution in [1.29, 1.82) is 0 Å². The predicted octanol–water partition coefficient (Wildman–Crippen LogP) is 4.53. The van der Waals surface area contributed by atoms with E-state index in [2.05, 4.69) is 29.4 Å². The van der Waals surface area contributed by atoms with E-state index < -0.39 is 21.3 Å². The van der Waals surface area contributed by atoms with Crippen LogP contribution in [0.5, 0.6) is 0 Å². The molecule has 0 radical (unpaired) electrons. The topological polar surface area (TPSA) is 73.0 Å². The Balaban J connectivity index is 1.33. The van der Waals surface area contributed by atoms with Crippen LogP contribution in [0, 0.1) is 0 Å². The number of para-hydroxylation sites is 1. The molecule has 1 aliphatic heterocycles. The number of nitrogens with two attached hydrogens (primary N) is 1. The number of fused-ring (bicyclic) bond motifs is 3. The van der Waals surface area contributed by atoms with Gasteiger partial charge in [-0.05, 0) is 11.6 Å². The van der Waals surface area contributed by atoms with Crippen molar-refractivity contribution in [2.45, 2.75) is 6.61 Å². The molecule has 0 spiro atoms. The Kier molecular flexibility index (Phi) is 5.37. The number of pyridine rings is 1. The first-order valence-electron chi connectivity index (χ1n) is 8.33. The molecule has 0 fully saturated rings. The maximum absolute atomic E-state index is 6.08. The van der Waals surface area contributed by atoms with Crippen molar-refractivity contribution >= 4 is 49.4 Å². The average Bonchev–Trinajstić information content (AvgIpc) is 3.10. The van der Waals surface area contributed by atoms with E-state index in [1.54, 1.807) is 0 Å². The number of ether oxygens (including phenoxy) is 2. The highest BCUT2D eigenvalue weighted by molar-refractivity contribution is 14.2. The molecular weight excluding hydrogens is 443 g/mol. The smallest absolute Gasteiger partial charge is 0.152 e. The van der Waals surface area contributed by atoms with Gasteiger partial charge in [-0.3, -0.25) is 3.11 Å². The first-order valence-corrected chi connectivity index (χ1v) is 10.3. The van der Waals surface area contributed by atoms with Crippen LogP contribution in [0.15, 0.2) is 57.7 Å². The highest BCUT2D eigenvalue weighted by Gasteiger charge is 2.23. The summed E-state index contributed by atoms with van der Waals surface area (Å²) in [4.78, 5) is 4.45. The third-order valence-electron chi connectivity index (χ3n) is 4.01. The Hall–Kier alpha value is -2.10. The van der Waals surface area contributed by atoms with E-state index in [1.165, 1.54) is 5.56 Å². The molecule has 0 unspecified atom stereocenters. The Bertz CT molecular complexity index is 933. The highest BCUT2D eigenvalue weighted by Crippen LogP contribution is 2.48. The molecule has 0 amide bonds. The Labute approximate surface area is 162 Å². The molecule has 2 heterocycles. The van der Waals surface area contributed by atoms with E-state index in [0.717, 1.165) is 22.3 Å². The number of halogens is 1. The van der Waals surface area contributed by atoms with Gasteiger partial charge in [-0.1, -0.05) is 48.5 Å². The van der Waals surface area contributed by atoms with Gasteiger partial charge in [0.2, 0.25) is 0 Å². The lowest BCUT2D eigenvalue weighted by Gasteiger charge is -2.17. The molecule has 2 N–H and O–H groups in total. The molecule has 0 saturated heterocycles. The molecule has 0 bridgehead atoms. The van der Waals surface area contributed by atoms with Crippen molar-refractivity contribution in [3.8, 4) is 0 Å². The van der Waals surface area contributed by atoms with Gasteiger partial charge in [-0.15, -0.1) is 0 Å². The van der Waals surface area contributed by atoms with Gasteiger partial charge in [0.1, 0.15) is 33.7 Å². The van der Waals surface area contributed by atoms with Gasteiger partial charge >= 0.3 is 0 Å². The Morgan fingerprint density at radius 2 is 1.73 bits per heavy atom. The van der Waals surface area contributed by atoms with Crippen LogP contribution in [0.2, 0.25) is 0 Å². The number of anilines is 2. The zero-order valence-corrected chi connectivity index (χ0v) is 16.3. The van der Waals surface area contributed by atoms with Crippen molar-refractivity contribution in [3.63, 3.8) is 0 Å². The van der Waals surface area contributed by atoms with E-state index in [1.807, 2.05) is 36.4 Å². The zero-order chi connectivity index (χ0) is 17.8. The standard InChI is InChI=1S/C19H19IN4O2/c21-19-17-18(15-8-4-5-9-16(15)22-19)24(20-23-17)13-26-11-10-25-12-14-6-2-1-3-7-14/h1-9H,10-13H2,(H2,21,22). The van der Waals surface area contributed by atoms with Gasteiger partial charge in [0.05, 0.1) is 31.0 Å². The third-order valence-corrected chi connectivity index (χ3v) is 5.99. The lowest BCUT2D eigenvalue weighted by molar-refractivity contribution is 0.0450. The molecule has 1 aliphatic rings. The summed E-state index contributed by atoms with van der Waals surface area (Å²) in [5.41, 5.74) is 9.99. The van der Waals surface area contributed by atoms with E-state index in [9.17, 15) is 0 Å². The van der Waals surface area contributed by atoms with Crippen LogP contribution in [-0.2, 0) is 16.1 Å². The van der Waals surface area contributed by atoms with Gasteiger partial charge in [0.25, 0.3) is 0 Å². The summed E-state index contributed by atoms with van der Waals surface area (Å²) in [5, 5.41) is 1.07. The number of hydrogen-bond acceptors (Lipinski definition) is 6. The fraction of sp³-hybridized carbons (Fsp3) is 0.211. The van der Waals surface area contributed by atoms with E-state index in [4.69, 9.17) is 15.2 Å². The SMILES string of the molecule is Nc1nc2ccccc2c2c1N=IN2COCCOCc1ccccc1. The zero-order valence-electron chi connectivity index (χ0n) is 14.1. The van der Waals surface area contributed by atoms with E-state index >= 15 is 0 Å². The number of rotatable bonds is 7. The molecule has 0 saturated carbocycles. The molecule has 26 heavy (non-hydrogen) atoms. The van der Waals surface area contributed by atoms with Gasteiger partial charge in [0.15, 0.2) is 5.82 Å². The minimum atomic E-state index is -0.535. The summed E-state index contributed by atoms with van der Waals surface area (Å²) in [7, 11) is 0. The largest absolute Gasteiger partial charge is 0.382 e. The van der Waals surface area contributed by atoms with Gasteiger partial charge in [0, 0.05) is 5.39 Å². The van der Waals surface area contributed by atoms with Crippen LogP contribution in [0.4, 0.5) is 17.2 Å². The predicted molar refractivity (Wildman–Crippen MR) is 112 cm³/mol. The van der Waals surface area contributed by atoms with Crippen LogP contribution in [-0.4, -0.2) is 24.9 Å². The molecule has 0 aliphatic carbocycles. The van der Waals surface area contributed by atoms with E-state index in [-0.39, 0.29) is 0 Å². The van der Waals surface area contributed by atoms with E-state index in [0.29, 0.717) is 32.4 Å². The molecule has 134 valence electrons. The number of hydrogen-bond donors (Lipinski definition) is 1. The second-order valence-electron chi connectivity index (χ2n) is 5.81. The van der Waals surface area contributed by atoms with Crippen molar-refractivity contribution < 1.29 is 9.47 Å². The maximum atomic E-state index is 6.08. The van der Waals surface area contributed by atoms with Crippen LogP contribution in [0.1, 0.15) is 5.56 Å². The molecule has 7 heteroatoms. The lowest BCUT2D eigenvalue weighted by Crippen LogP contribution is -2.17. The van der Waals surface area contributed by atoms with Gasteiger partial charge in [-0.25, -0.2) is 4.98 Å². The fourth-order valence-electron chi connectivity index (χ4n) is 2.77.